The smallest absolute Gasteiger partial charge is 0.107 e. The van der Waals surface area contributed by atoms with Crippen LogP contribution in [0.15, 0.2) is 24.7 Å². The third-order valence-corrected chi connectivity index (χ3v) is 2.15. The molecule has 2 aromatic rings. The molecule has 0 amide bonds. The average Bonchev–Trinajstić information content (AvgIpc) is 2.74. The fourth-order valence-electron chi connectivity index (χ4n) is 1.44. The van der Waals surface area contributed by atoms with E-state index >= 15 is 0 Å². The molecule has 14 heavy (non-hydrogen) atoms. The van der Waals surface area contributed by atoms with Crippen LogP contribution in [0.2, 0.25) is 0 Å². The molecule has 0 spiro atoms. The Morgan fingerprint density at radius 1 is 1.57 bits per heavy atom. The number of aromatic amines is 1. The number of hydrogen-bond donors (Lipinski definition) is 2. The minimum absolute atomic E-state index is 0.627. The van der Waals surface area contributed by atoms with Crippen LogP contribution >= 0.6 is 0 Å². The first-order valence-corrected chi connectivity index (χ1v) is 4.66. The van der Waals surface area contributed by atoms with Gasteiger partial charge in [-0.05, 0) is 12.6 Å². The van der Waals surface area contributed by atoms with Gasteiger partial charge in [-0.2, -0.15) is 0 Å². The summed E-state index contributed by atoms with van der Waals surface area (Å²) < 4.78 is 2.01. The summed E-state index contributed by atoms with van der Waals surface area (Å²) in [5.74, 6) is 0.950. The molecule has 0 aromatic carbocycles. The van der Waals surface area contributed by atoms with E-state index in [1.54, 1.807) is 0 Å². The Morgan fingerprint density at radius 3 is 3.07 bits per heavy atom. The maximum Gasteiger partial charge on any atom is 0.107 e. The Hall–Kier alpha value is -1.55. The molecular formula is C10H14N4. The number of nitrogens with zero attached hydrogens (tertiary/aromatic N) is 2. The maximum atomic E-state index is 5.45. The highest BCUT2D eigenvalue weighted by Crippen LogP contribution is 2.16. The number of aromatic nitrogens is 3. The molecule has 0 unspecified atom stereocenters. The molecule has 3 N–H and O–H groups in total. The van der Waals surface area contributed by atoms with Crippen molar-refractivity contribution in [2.24, 2.45) is 12.8 Å². The zero-order valence-electron chi connectivity index (χ0n) is 8.20. The second-order valence-electron chi connectivity index (χ2n) is 3.35. The Morgan fingerprint density at radius 2 is 2.43 bits per heavy atom. The van der Waals surface area contributed by atoms with Crippen LogP contribution in [0.3, 0.4) is 0 Å². The van der Waals surface area contributed by atoms with Crippen LogP contribution in [0.1, 0.15) is 5.82 Å². The van der Waals surface area contributed by atoms with Gasteiger partial charge in [-0.15, -0.1) is 0 Å². The molecule has 0 saturated heterocycles. The van der Waals surface area contributed by atoms with E-state index < -0.39 is 0 Å². The molecule has 0 saturated carbocycles. The summed E-state index contributed by atoms with van der Waals surface area (Å²) >= 11 is 0. The van der Waals surface area contributed by atoms with Crippen molar-refractivity contribution < 1.29 is 0 Å². The lowest BCUT2D eigenvalue weighted by Crippen LogP contribution is -2.03. The van der Waals surface area contributed by atoms with Crippen molar-refractivity contribution >= 4 is 0 Å². The van der Waals surface area contributed by atoms with Gasteiger partial charge in [-0.25, -0.2) is 4.98 Å². The first-order chi connectivity index (χ1) is 6.79. The van der Waals surface area contributed by atoms with Crippen LogP contribution in [-0.2, 0) is 13.5 Å². The molecular weight excluding hydrogens is 176 g/mol. The normalized spacial score (nSPS) is 10.7. The predicted molar refractivity (Wildman–Crippen MR) is 55.8 cm³/mol. The summed E-state index contributed by atoms with van der Waals surface area (Å²) in [6.45, 7) is 0.627. The fourth-order valence-corrected chi connectivity index (χ4v) is 1.44. The van der Waals surface area contributed by atoms with Gasteiger partial charge < -0.3 is 15.3 Å². The summed E-state index contributed by atoms with van der Waals surface area (Å²) in [4.78, 5) is 7.49. The quantitative estimate of drug-likeness (QED) is 0.756. The van der Waals surface area contributed by atoms with Gasteiger partial charge in [0.1, 0.15) is 5.82 Å². The Balaban J connectivity index is 2.24. The monoisotopic (exact) mass is 190 g/mol. The summed E-state index contributed by atoms with van der Waals surface area (Å²) in [5, 5.41) is 0. The van der Waals surface area contributed by atoms with Crippen molar-refractivity contribution in [1.82, 2.24) is 14.5 Å². The van der Waals surface area contributed by atoms with Gasteiger partial charge in [0.15, 0.2) is 0 Å². The molecule has 2 heterocycles. The van der Waals surface area contributed by atoms with Crippen LogP contribution in [0.4, 0.5) is 0 Å². The van der Waals surface area contributed by atoms with E-state index in [9.17, 15) is 0 Å². The van der Waals surface area contributed by atoms with Crippen LogP contribution in [-0.4, -0.2) is 21.1 Å². The average molecular weight is 190 g/mol. The van der Waals surface area contributed by atoms with E-state index in [2.05, 4.69) is 22.2 Å². The second kappa shape index (κ2) is 3.67. The second-order valence-corrected chi connectivity index (χ2v) is 3.35. The molecule has 0 bridgehead atoms. The van der Waals surface area contributed by atoms with Crippen molar-refractivity contribution in [3.05, 3.63) is 30.5 Å². The minimum Gasteiger partial charge on any atom is -0.357 e. The lowest BCUT2D eigenvalue weighted by molar-refractivity contribution is 0.894. The molecule has 0 aliphatic heterocycles. The summed E-state index contributed by atoms with van der Waals surface area (Å²) in [6.07, 6.45) is 6.71. The van der Waals surface area contributed by atoms with Gasteiger partial charge in [0.05, 0.1) is 11.9 Å². The molecule has 2 rings (SSSR count). The van der Waals surface area contributed by atoms with E-state index in [0.29, 0.717) is 6.54 Å². The van der Waals surface area contributed by atoms with Crippen molar-refractivity contribution in [3.63, 3.8) is 0 Å². The summed E-state index contributed by atoms with van der Waals surface area (Å²) in [5.41, 5.74) is 7.65. The lowest BCUT2D eigenvalue weighted by Gasteiger charge is -1.92. The molecule has 0 atom stereocenters. The molecule has 4 heteroatoms. The van der Waals surface area contributed by atoms with Gasteiger partial charge in [-0.1, -0.05) is 0 Å². The van der Waals surface area contributed by atoms with Crippen molar-refractivity contribution in [2.45, 2.75) is 6.42 Å². The van der Waals surface area contributed by atoms with Crippen LogP contribution in [0.25, 0.3) is 11.3 Å². The highest BCUT2D eigenvalue weighted by atomic mass is 14.9. The van der Waals surface area contributed by atoms with Crippen LogP contribution in [0, 0.1) is 0 Å². The number of H-pyrrole nitrogens is 1. The van der Waals surface area contributed by atoms with Crippen LogP contribution in [0.5, 0.6) is 0 Å². The van der Waals surface area contributed by atoms with E-state index in [-0.39, 0.29) is 0 Å². The first kappa shape index (κ1) is 9.02. The number of imidazole rings is 1. The number of nitrogens with one attached hydrogen (secondary N) is 1. The van der Waals surface area contributed by atoms with Crippen LogP contribution < -0.4 is 5.73 Å². The first-order valence-electron chi connectivity index (χ1n) is 4.66. The number of hydrogen-bond acceptors (Lipinski definition) is 2. The van der Waals surface area contributed by atoms with E-state index in [0.717, 1.165) is 23.5 Å². The van der Waals surface area contributed by atoms with E-state index in [4.69, 9.17) is 5.73 Å². The van der Waals surface area contributed by atoms with Gasteiger partial charge in [0.25, 0.3) is 0 Å². The number of nitrogens with two attached hydrogens (primary N) is 1. The van der Waals surface area contributed by atoms with E-state index in [1.807, 2.05) is 24.0 Å². The SMILES string of the molecule is Cn1ccc(-c2cnc(CCN)[nH]2)c1. The number of aryl methyl sites for hydroxylation is 1. The largest absolute Gasteiger partial charge is 0.357 e. The molecule has 0 aliphatic carbocycles. The minimum atomic E-state index is 0.627. The molecule has 0 fully saturated rings. The maximum absolute atomic E-state index is 5.45. The molecule has 74 valence electrons. The van der Waals surface area contributed by atoms with Crippen molar-refractivity contribution in [3.8, 4) is 11.3 Å². The topological polar surface area (TPSA) is 59.6 Å². The van der Waals surface area contributed by atoms with Gasteiger partial charge >= 0.3 is 0 Å². The van der Waals surface area contributed by atoms with Gasteiger partial charge in [-0.3, -0.25) is 0 Å². The molecule has 0 radical (unpaired) electrons. The third kappa shape index (κ3) is 1.70. The zero-order chi connectivity index (χ0) is 9.97. The van der Waals surface area contributed by atoms with Crippen molar-refractivity contribution in [1.29, 1.82) is 0 Å². The summed E-state index contributed by atoms with van der Waals surface area (Å²) in [7, 11) is 2.00. The lowest BCUT2D eigenvalue weighted by atomic mass is 10.3. The predicted octanol–water partition coefficient (Wildman–Crippen LogP) is 0.916. The zero-order valence-corrected chi connectivity index (χ0v) is 8.20. The standard InChI is InChI=1S/C10H14N4/c1-14-5-3-8(7-14)9-6-12-10(13-9)2-4-11/h3,5-7H,2,4,11H2,1H3,(H,12,13). The Kier molecular flexibility index (Phi) is 2.37. The third-order valence-electron chi connectivity index (χ3n) is 2.15. The molecule has 2 aromatic heterocycles. The molecule has 4 nitrogen and oxygen atoms in total. The van der Waals surface area contributed by atoms with Gasteiger partial charge in [0, 0.05) is 31.4 Å². The van der Waals surface area contributed by atoms with Crippen molar-refractivity contribution in [2.75, 3.05) is 6.54 Å². The van der Waals surface area contributed by atoms with Gasteiger partial charge in [0.2, 0.25) is 0 Å². The van der Waals surface area contributed by atoms with E-state index in [1.165, 1.54) is 0 Å². The fraction of sp³-hybridized carbons (Fsp3) is 0.300. The highest BCUT2D eigenvalue weighted by Gasteiger charge is 2.02. The Bertz CT molecular complexity index is 413. The summed E-state index contributed by atoms with van der Waals surface area (Å²) in [6, 6.07) is 2.06. The highest BCUT2D eigenvalue weighted by molar-refractivity contribution is 5.57. The Labute approximate surface area is 82.8 Å². The number of rotatable bonds is 3. The molecule has 0 aliphatic rings.